The SMILES string of the molecule is CO[C@H]1[C@H](C2(C)OC2CC=C(C)C)[C@]2(CC[C@H]1OC(=O)NCCc1ccc(NC(=O)[C@H](C)NC(=O)COCC(=O)C(C)(C)C)cc1)CO2. The molecule has 0 aromatic heterocycles. The predicted molar refractivity (Wildman–Crippen MR) is 179 cm³/mol. The molecule has 4 rings (SSSR count). The molecule has 3 fully saturated rings. The maximum absolute atomic E-state index is 12.8. The lowest BCUT2D eigenvalue weighted by molar-refractivity contribution is -0.135. The summed E-state index contributed by atoms with van der Waals surface area (Å²) in [4.78, 5) is 49.5. The molecule has 1 spiro atoms. The zero-order chi connectivity index (χ0) is 35.3. The monoisotopic (exact) mass is 671 g/mol. The van der Waals surface area contributed by atoms with E-state index in [2.05, 4.69) is 42.8 Å². The number of carbonyl (C=O) groups is 4. The topological polar surface area (TPSA) is 157 Å². The molecular formula is C36H53N3O9. The molecule has 0 bridgehead atoms. The fraction of sp³-hybridized carbons (Fsp3) is 0.667. The van der Waals surface area contributed by atoms with Gasteiger partial charge in [0.05, 0.1) is 18.6 Å². The summed E-state index contributed by atoms with van der Waals surface area (Å²) >= 11 is 0. The van der Waals surface area contributed by atoms with Gasteiger partial charge in [-0.15, -0.1) is 0 Å². The van der Waals surface area contributed by atoms with E-state index in [0.717, 1.165) is 18.4 Å². The van der Waals surface area contributed by atoms with Gasteiger partial charge in [-0.05, 0) is 71.1 Å². The minimum absolute atomic E-state index is 0.0419. The molecule has 0 radical (unpaired) electrons. The molecule has 48 heavy (non-hydrogen) atoms. The Morgan fingerprint density at radius 2 is 1.79 bits per heavy atom. The molecule has 1 aliphatic carbocycles. The second kappa shape index (κ2) is 15.5. The average molecular weight is 672 g/mol. The van der Waals surface area contributed by atoms with Crippen molar-refractivity contribution >= 4 is 29.4 Å². The largest absolute Gasteiger partial charge is 0.443 e. The van der Waals surface area contributed by atoms with Crippen LogP contribution in [0.4, 0.5) is 10.5 Å². The molecule has 2 saturated heterocycles. The van der Waals surface area contributed by atoms with Crippen molar-refractivity contribution in [2.75, 3.05) is 38.8 Å². The second-order valence-corrected chi connectivity index (χ2v) is 14.6. The number of alkyl carbamates (subject to hydrolysis) is 1. The van der Waals surface area contributed by atoms with E-state index in [0.29, 0.717) is 31.7 Å². The van der Waals surface area contributed by atoms with E-state index in [4.69, 9.17) is 23.7 Å². The van der Waals surface area contributed by atoms with Gasteiger partial charge in [0.1, 0.15) is 42.7 Å². The second-order valence-electron chi connectivity index (χ2n) is 14.6. The third kappa shape index (κ3) is 9.64. The Morgan fingerprint density at radius 3 is 2.40 bits per heavy atom. The number of ketones is 1. The van der Waals surface area contributed by atoms with Gasteiger partial charge in [0, 0.05) is 24.8 Å². The zero-order valence-corrected chi connectivity index (χ0v) is 29.6. The van der Waals surface area contributed by atoms with Gasteiger partial charge < -0.3 is 39.6 Å². The fourth-order valence-electron chi connectivity index (χ4n) is 6.37. The molecule has 3 N–H and O–H groups in total. The molecule has 2 aliphatic heterocycles. The van der Waals surface area contributed by atoms with Crippen LogP contribution in [0, 0.1) is 11.3 Å². The van der Waals surface area contributed by atoms with E-state index >= 15 is 0 Å². The molecular weight excluding hydrogens is 618 g/mol. The van der Waals surface area contributed by atoms with Crippen molar-refractivity contribution in [3.63, 3.8) is 0 Å². The molecule has 1 saturated carbocycles. The van der Waals surface area contributed by atoms with Crippen LogP contribution in [0.2, 0.25) is 0 Å². The van der Waals surface area contributed by atoms with Crippen LogP contribution in [0.1, 0.15) is 73.3 Å². The van der Waals surface area contributed by atoms with E-state index in [1.165, 1.54) is 5.57 Å². The average Bonchev–Trinajstić information content (AvgIpc) is 3.93. The van der Waals surface area contributed by atoms with Gasteiger partial charge in [-0.1, -0.05) is 44.6 Å². The number of hydrogen-bond acceptors (Lipinski definition) is 9. The van der Waals surface area contributed by atoms with Crippen molar-refractivity contribution < 1.29 is 42.9 Å². The minimum atomic E-state index is -0.808. The zero-order valence-electron chi connectivity index (χ0n) is 29.6. The maximum atomic E-state index is 12.8. The molecule has 2 heterocycles. The van der Waals surface area contributed by atoms with Crippen LogP contribution < -0.4 is 16.0 Å². The first kappa shape index (κ1) is 37.5. The number of anilines is 1. The predicted octanol–water partition coefficient (Wildman–Crippen LogP) is 4.11. The standard InChI is InChI=1S/C36H53N3O9/c1-22(2)9-14-28-35(7,48-28)31-30(44-8)26(15-17-36(31)21-46-36)47-33(43)37-18-16-24-10-12-25(13-11-24)39-32(42)23(3)38-29(41)20-45-19-27(40)34(4,5)6/h9-13,23,26,28,30-31H,14-21H2,1-8H3,(H,37,43)(H,38,41)(H,39,42)/t23-,26+,28?,30+,31+,35?,36-/m0/s1. The molecule has 3 amide bonds. The lowest BCUT2D eigenvalue weighted by Gasteiger charge is -2.42. The number of epoxide rings is 2. The third-order valence-electron chi connectivity index (χ3n) is 9.47. The summed E-state index contributed by atoms with van der Waals surface area (Å²) < 4.78 is 29.3. The highest BCUT2D eigenvalue weighted by Gasteiger charge is 2.72. The highest BCUT2D eigenvalue weighted by molar-refractivity contribution is 5.97. The summed E-state index contributed by atoms with van der Waals surface area (Å²) in [5, 5.41) is 8.19. The molecule has 7 atom stereocenters. The van der Waals surface area contributed by atoms with Crippen LogP contribution in [-0.4, -0.2) is 92.7 Å². The van der Waals surface area contributed by atoms with Crippen molar-refractivity contribution in [3.8, 4) is 0 Å². The fourth-order valence-corrected chi connectivity index (χ4v) is 6.37. The van der Waals surface area contributed by atoms with Crippen molar-refractivity contribution in [2.45, 2.75) is 110 Å². The van der Waals surface area contributed by atoms with Crippen molar-refractivity contribution in [1.82, 2.24) is 10.6 Å². The van der Waals surface area contributed by atoms with E-state index in [1.807, 2.05) is 12.1 Å². The Bertz CT molecular complexity index is 1350. The number of ether oxygens (including phenoxy) is 5. The van der Waals surface area contributed by atoms with Gasteiger partial charge in [-0.2, -0.15) is 0 Å². The van der Waals surface area contributed by atoms with Gasteiger partial charge in [0.25, 0.3) is 0 Å². The number of nitrogens with one attached hydrogen (secondary N) is 3. The number of allylic oxidation sites excluding steroid dienone is 1. The number of hydrogen-bond donors (Lipinski definition) is 3. The van der Waals surface area contributed by atoms with Crippen LogP contribution in [0.5, 0.6) is 0 Å². The van der Waals surface area contributed by atoms with Crippen LogP contribution in [0.3, 0.4) is 0 Å². The van der Waals surface area contributed by atoms with Gasteiger partial charge in [-0.3, -0.25) is 14.4 Å². The Balaban J connectivity index is 1.18. The number of methoxy groups -OCH3 is 1. The molecule has 3 aliphatic rings. The van der Waals surface area contributed by atoms with Gasteiger partial charge >= 0.3 is 6.09 Å². The van der Waals surface area contributed by atoms with Crippen molar-refractivity contribution in [3.05, 3.63) is 41.5 Å². The quantitative estimate of drug-likeness (QED) is 0.184. The Morgan fingerprint density at radius 1 is 1.10 bits per heavy atom. The third-order valence-corrected chi connectivity index (χ3v) is 9.47. The summed E-state index contributed by atoms with van der Waals surface area (Å²) in [5.74, 6) is -1.04. The maximum Gasteiger partial charge on any atom is 0.407 e. The van der Waals surface area contributed by atoms with Crippen LogP contribution in [-0.2, 0) is 44.5 Å². The molecule has 12 nitrogen and oxygen atoms in total. The Hall–Kier alpha value is -3.32. The molecule has 1 aromatic rings. The van der Waals surface area contributed by atoms with E-state index in [-0.39, 0.29) is 42.7 Å². The van der Waals surface area contributed by atoms with E-state index < -0.39 is 41.1 Å². The number of rotatable bonds is 15. The first-order valence-corrected chi connectivity index (χ1v) is 16.8. The minimum Gasteiger partial charge on any atom is -0.443 e. The highest BCUT2D eigenvalue weighted by atomic mass is 16.6. The van der Waals surface area contributed by atoms with E-state index in [9.17, 15) is 19.2 Å². The normalized spacial score (nSPS) is 28.2. The van der Waals surface area contributed by atoms with Gasteiger partial charge in [0.15, 0.2) is 5.78 Å². The first-order chi connectivity index (χ1) is 22.6. The summed E-state index contributed by atoms with van der Waals surface area (Å²) in [5.41, 5.74) is 1.54. The van der Waals surface area contributed by atoms with E-state index in [1.54, 1.807) is 46.9 Å². The summed E-state index contributed by atoms with van der Waals surface area (Å²) in [7, 11) is 1.65. The van der Waals surface area contributed by atoms with Crippen LogP contribution >= 0.6 is 0 Å². The van der Waals surface area contributed by atoms with Gasteiger partial charge in [0.2, 0.25) is 11.8 Å². The number of benzene rings is 1. The van der Waals surface area contributed by atoms with Crippen LogP contribution in [0.15, 0.2) is 35.9 Å². The Labute approximate surface area is 284 Å². The molecule has 2 unspecified atom stereocenters. The lowest BCUT2D eigenvalue weighted by Crippen LogP contribution is -2.56. The molecule has 12 heteroatoms. The molecule has 1 aromatic carbocycles. The van der Waals surface area contributed by atoms with Crippen molar-refractivity contribution in [1.29, 1.82) is 0 Å². The summed E-state index contributed by atoms with van der Waals surface area (Å²) in [6.07, 6.45) is 3.84. The summed E-state index contributed by atoms with van der Waals surface area (Å²) in [6.45, 7) is 13.7. The number of carbonyl (C=O) groups excluding carboxylic acids is 4. The molecule has 266 valence electrons. The smallest absolute Gasteiger partial charge is 0.407 e. The van der Waals surface area contributed by atoms with Gasteiger partial charge in [-0.25, -0.2) is 4.79 Å². The van der Waals surface area contributed by atoms with Crippen molar-refractivity contribution in [2.24, 2.45) is 11.3 Å². The lowest BCUT2D eigenvalue weighted by atomic mass is 9.68. The number of amides is 3. The Kier molecular flexibility index (Phi) is 12.1. The number of Topliss-reactive ketones (excluding diaryl/α,β-unsaturated/α-hetero) is 1. The first-order valence-electron chi connectivity index (χ1n) is 16.8. The summed E-state index contributed by atoms with van der Waals surface area (Å²) in [6, 6.07) is 6.42. The van der Waals surface area contributed by atoms with Crippen LogP contribution in [0.25, 0.3) is 0 Å². The highest BCUT2D eigenvalue weighted by Crippen LogP contribution is 2.59.